The van der Waals surface area contributed by atoms with E-state index in [2.05, 4.69) is 200 Å². The minimum atomic E-state index is 0.574. The van der Waals surface area contributed by atoms with Crippen LogP contribution in [0.25, 0.3) is 122 Å². The van der Waals surface area contributed by atoms with Gasteiger partial charge < -0.3 is 4.42 Å². The Labute approximate surface area is 364 Å². The highest BCUT2D eigenvalue weighted by molar-refractivity contribution is 6.06. The van der Waals surface area contributed by atoms with E-state index in [1.807, 2.05) is 24.3 Å². The van der Waals surface area contributed by atoms with E-state index >= 15 is 0 Å². The van der Waals surface area contributed by atoms with Gasteiger partial charge in [0.2, 0.25) is 0 Å². The second-order valence-electron chi connectivity index (χ2n) is 16.0. The molecule has 294 valence electrons. The third kappa shape index (κ3) is 6.71. The second-order valence-corrected chi connectivity index (χ2v) is 16.0. The summed E-state index contributed by atoms with van der Waals surface area (Å²) >= 11 is 0. The first-order chi connectivity index (χ1) is 31.2. The number of aromatic nitrogens is 3. The highest BCUT2D eigenvalue weighted by atomic mass is 16.3. The number of para-hydroxylation sites is 1. The number of fused-ring (bicyclic) bond motifs is 5. The Bertz CT molecular complexity index is 3690. The third-order valence-electron chi connectivity index (χ3n) is 12.1. The zero-order valence-electron chi connectivity index (χ0n) is 34.1. The Hall–Kier alpha value is -8.47. The van der Waals surface area contributed by atoms with Gasteiger partial charge in [-0.2, -0.15) is 0 Å². The highest BCUT2D eigenvalue weighted by Gasteiger charge is 2.18. The summed E-state index contributed by atoms with van der Waals surface area (Å²) in [7, 11) is 0. The van der Waals surface area contributed by atoms with E-state index in [0.29, 0.717) is 17.5 Å². The fraction of sp³-hybridized carbons (Fsp3) is 0. The molecule has 0 saturated heterocycles. The Kier molecular flexibility index (Phi) is 8.79. The van der Waals surface area contributed by atoms with E-state index in [1.54, 1.807) is 0 Å². The minimum absolute atomic E-state index is 0.574. The molecule has 4 heteroatoms. The number of hydrogen-bond acceptors (Lipinski definition) is 4. The topological polar surface area (TPSA) is 51.8 Å². The molecule has 10 aromatic carbocycles. The third-order valence-corrected chi connectivity index (χ3v) is 12.1. The maximum absolute atomic E-state index is 6.34. The summed E-state index contributed by atoms with van der Waals surface area (Å²) in [6, 6.07) is 79.0. The Balaban J connectivity index is 0.978. The van der Waals surface area contributed by atoms with Crippen molar-refractivity contribution in [3.05, 3.63) is 224 Å². The van der Waals surface area contributed by atoms with Gasteiger partial charge in [0.1, 0.15) is 11.2 Å². The van der Waals surface area contributed by atoms with Crippen LogP contribution in [0.3, 0.4) is 0 Å². The molecule has 0 saturated carbocycles. The van der Waals surface area contributed by atoms with Crippen molar-refractivity contribution in [3.8, 4) is 78.7 Å². The van der Waals surface area contributed by atoms with Gasteiger partial charge in [0.25, 0.3) is 0 Å². The van der Waals surface area contributed by atoms with E-state index in [0.717, 1.165) is 60.9 Å². The molecule has 2 aromatic heterocycles. The van der Waals surface area contributed by atoms with Gasteiger partial charge in [-0.15, -0.1) is 0 Å². The summed E-state index contributed by atoms with van der Waals surface area (Å²) in [6.45, 7) is 0. The minimum Gasteiger partial charge on any atom is -0.456 e. The first kappa shape index (κ1) is 36.4. The van der Waals surface area contributed by atoms with Crippen molar-refractivity contribution < 1.29 is 4.42 Å². The van der Waals surface area contributed by atoms with E-state index in [-0.39, 0.29) is 0 Å². The maximum Gasteiger partial charge on any atom is 0.164 e. The van der Waals surface area contributed by atoms with Crippen molar-refractivity contribution in [3.63, 3.8) is 0 Å². The van der Waals surface area contributed by atoms with Crippen LogP contribution >= 0.6 is 0 Å². The van der Waals surface area contributed by atoms with E-state index in [1.165, 1.54) is 43.8 Å². The summed E-state index contributed by atoms with van der Waals surface area (Å²) < 4.78 is 6.34. The molecule has 0 atom stereocenters. The molecule has 0 fully saturated rings. The van der Waals surface area contributed by atoms with Crippen molar-refractivity contribution in [1.29, 1.82) is 0 Å². The number of hydrogen-bond donors (Lipinski definition) is 0. The largest absolute Gasteiger partial charge is 0.456 e. The lowest BCUT2D eigenvalue weighted by Gasteiger charge is -2.14. The SMILES string of the molecule is c1ccc(-c2cccc(-c3ccc4ccc(-c5cccc(-c6nc(-c7ccc8c(c7)oc7ccccc78)nc(-c7ccccc7-c7cccc8ccccc78)n6)c5)cc4c3)c2)cc1. The Morgan fingerprint density at radius 1 is 0.238 bits per heavy atom. The molecule has 2 heterocycles. The number of furan rings is 1. The van der Waals surface area contributed by atoms with Gasteiger partial charge in [0.15, 0.2) is 17.5 Å². The van der Waals surface area contributed by atoms with E-state index < -0.39 is 0 Å². The molecule has 0 spiro atoms. The van der Waals surface area contributed by atoms with Gasteiger partial charge >= 0.3 is 0 Å². The molecule has 0 radical (unpaired) electrons. The fourth-order valence-corrected chi connectivity index (χ4v) is 8.95. The molecule has 0 amide bonds. The molecule has 63 heavy (non-hydrogen) atoms. The molecule has 12 rings (SSSR count). The smallest absolute Gasteiger partial charge is 0.164 e. The zero-order chi connectivity index (χ0) is 41.7. The van der Waals surface area contributed by atoms with Crippen LogP contribution in [0.4, 0.5) is 0 Å². The molecule has 4 nitrogen and oxygen atoms in total. The van der Waals surface area contributed by atoms with Gasteiger partial charge in [-0.25, -0.2) is 15.0 Å². The van der Waals surface area contributed by atoms with Crippen LogP contribution in [0.2, 0.25) is 0 Å². The number of nitrogens with zero attached hydrogens (tertiary/aromatic N) is 3. The fourth-order valence-electron chi connectivity index (χ4n) is 8.95. The summed E-state index contributed by atoms with van der Waals surface area (Å²) in [4.78, 5) is 15.7. The molecule has 0 unspecified atom stereocenters. The van der Waals surface area contributed by atoms with Crippen LogP contribution < -0.4 is 0 Å². The lowest BCUT2D eigenvalue weighted by atomic mass is 9.94. The standard InChI is InChI=1S/C59H37N3O/c1-2-13-38(14-3-1)41-17-10-18-42(33-41)44-29-27-39-28-30-45(36-48(39)35-44)43-19-11-20-46(34-43)57-60-58(47-31-32-53-52-23-8-9-26-55(52)63-56(53)37-47)62-59(61-57)54-24-7-6-22-51(54)50-25-12-16-40-15-4-5-21-49(40)50/h1-37H. The van der Waals surface area contributed by atoms with E-state index in [9.17, 15) is 0 Å². The molecule has 0 aliphatic heterocycles. The molecule has 12 aromatic rings. The number of benzene rings is 10. The van der Waals surface area contributed by atoms with Crippen LogP contribution in [-0.4, -0.2) is 15.0 Å². The van der Waals surface area contributed by atoms with Gasteiger partial charge in [-0.05, 0) is 109 Å². The predicted molar refractivity (Wildman–Crippen MR) is 260 cm³/mol. The Morgan fingerprint density at radius 3 is 1.51 bits per heavy atom. The quantitative estimate of drug-likeness (QED) is 0.161. The highest BCUT2D eigenvalue weighted by Crippen LogP contribution is 2.38. The van der Waals surface area contributed by atoms with Crippen LogP contribution in [-0.2, 0) is 0 Å². The zero-order valence-corrected chi connectivity index (χ0v) is 34.1. The van der Waals surface area contributed by atoms with Crippen molar-refractivity contribution >= 4 is 43.5 Å². The van der Waals surface area contributed by atoms with Gasteiger partial charge in [-0.3, -0.25) is 0 Å². The molecular formula is C59H37N3O. The second kappa shape index (κ2) is 15.2. The maximum atomic E-state index is 6.34. The lowest BCUT2D eigenvalue weighted by Crippen LogP contribution is -2.01. The van der Waals surface area contributed by atoms with Gasteiger partial charge in [-0.1, -0.05) is 182 Å². The summed E-state index contributed by atoms with van der Waals surface area (Å²) in [5, 5.41) is 6.86. The van der Waals surface area contributed by atoms with Crippen LogP contribution in [0, 0.1) is 0 Å². The van der Waals surface area contributed by atoms with Gasteiger partial charge in [0.05, 0.1) is 0 Å². The van der Waals surface area contributed by atoms with Gasteiger partial charge in [0, 0.05) is 27.5 Å². The average molecular weight is 804 g/mol. The van der Waals surface area contributed by atoms with Crippen LogP contribution in [0.15, 0.2) is 229 Å². The van der Waals surface area contributed by atoms with Crippen molar-refractivity contribution in [2.75, 3.05) is 0 Å². The molecular weight excluding hydrogens is 767 g/mol. The van der Waals surface area contributed by atoms with Crippen molar-refractivity contribution in [1.82, 2.24) is 15.0 Å². The molecule has 0 bridgehead atoms. The normalized spacial score (nSPS) is 11.5. The van der Waals surface area contributed by atoms with Crippen molar-refractivity contribution in [2.45, 2.75) is 0 Å². The van der Waals surface area contributed by atoms with Crippen LogP contribution in [0.1, 0.15) is 0 Å². The lowest BCUT2D eigenvalue weighted by molar-refractivity contribution is 0.669. The first-order valence-electron chi connectivity index (χ1n) is 21.2. The molecule has 0 aliphatic rings. The summed E-state index contributed by atoms with van der Waals surface area (Å²) in [6.07, 6.45) is 0. The molecule has 0 aliphatic carbocycles. The summed E-state index contributed by atoms with van der Waals surface area (Å²) in [5.74, 6) is 1.77. The molecule has 0 N–H and O–H groups in total. The predicted octanol–water partition coefficient (Wildman–Crippen LogP) is 15.7. The van der Waals surface area contributed by atoms with E-state index in [4.69, 9.17) is 19.4 Å². The van der Waals surface area contributed by atoms with Crippen molar-refractivity contribution in [2.24, 2.45) is 0 Å². The monoisotopic (exact) mass is 803 g/mol. The first-order valence-corrected chi connectivity index (χ1v) is 21.2. The van der Waals surface area contributed by atoms with Crippen LogP contribution in [0.5, 0.6) is 0 Å². The summed E-state index contributed by atoms with van der Waals surface area (Å²) in [5.41, 5.74) is 13.5. The Morgan fingerprint density at radius 2 is 0.730 bits per heavy atom. The number of rotatable bonds is 7. The average Bonchev–Trinajstić information content (AvgIpc) is 3.74.